The van der Waals surface area contributed by atoms with Gasteiger partial charge in [-0.1, -0.05) is 19.1 Å². The van der Waals surface area contributed by atoms with Crippen LogP contribution >= 0.6 is 0 Å². The molecule has 0 aliphatic heterocycles. The zero-order chi connectivity index (χ0) is 16.9. The SMILES string of the molecule is C=C(c1ccccn1)c1cc([N+](=O)[O-])cc2c1CC(=O)C21CCC1. The summed E-state index contributed by atoms with van der Waals surface area (Å²) in [4.78, 5) is 27.9. The number of hydrogen-bond acceptors (Lipinski definition) is 4. The van der Waals surface area contributed by atoms with Crippen molar-refractivity contribution in [3.05, 3.63) is 75.6 Å². The number of carbonyl (C=O) groups is 1. The standard InChI is InChI=1S/C19H16N2O3/c1-12(17-5-2-3-8-20-17)14-9-13(21(23)24)10-16-15(14)11-18(22)19(16)6-4-7-19/h2-3,5,8-10H,1,4,6-7,11H2. The molecule has 0 amide bonds. The van der Waals surface area contributed by atoms with Gasteiger partial charge in [-0.25, -0.2) is 0 Å². The number of nitro benzene ring substituents is 1. The minimum Gasteiger partial charge on any atom is -0.298 e. The summed E-state index contributed by atoms with van der Waals surface area (Å²) in [6, 6.07) is 8.60. The molecule has 0 radical (unpaired) electrons. The second kappa shape index (κ2) is 5.09. The van der Waals surface area contributed by atoms with Gasteiger partial charge in [-0.2, -0.15) is 0 Å². The number of Topliss-reactive ketones (excluding diaryl/α,β-unsaturated/α-hetero) is 1. The van der Waals surface area contributed by atoms with E-state index in [0.717, 1.165) is 30.4 Å². The summed E-state index contributed by atoms with van der Waals surface area (Å²) in [5, 5.41) is 11.4. The van der Waals surface area contributed by atoms with E-state index in [4.69, 9.17) is 0 Å². The Morgan fingerprint density at radius 3 is 2.67 bits per heavy atom. The summed E-state index contributed by atoms with van der Waals surface area (Å²) in [6.07, 6.45) is 4.56. The molecule has 0 bridgehead atoms. The number of aromatic nitrogens is 1. The largest absolute Gasteiger partial charge is 0.298 e. The molecule has 1 aromatic carbocycles. The minimum atomic E-state index is -0.500. The number of nitrogens with zero attached hydrogens (tertiary/aromatic N) is 2. The topological polar surface area (TPSA) is 73.1 Å². The van der Waals surface area contributed by atoms with Crippen LogP contribution in [0.3, 0.4) is 0 Å². The molecule has 0 atom stereocenters. The van der Waals surface area contributed by atoms with Gasteiger partial charge in [-0.15, -0.1) is 0 Å². The third kappa shape index (κ3) is 1.94. The second-order valence-corrected chi connectivity index (χ2v) is 6.51. The maximum Gasteiger partial charge on any atom is 0.270 e. The Bertz CT molecular complexity index is 883. The molecular weight excluding hydrogens is 304 g/mol. The summed E-state index contributed by atoms with van der Waals surface area (Å²) in [5.41, 5.74) is 3.21. The average molecular weight is 320 g/mol. The zero-order valence-electron chi connectivity index (χ0n) is 13.1. The number of hydrogen-bond donors (Lipinski definition) is 0. The summed E-state index contributed by atoms with van der Waals surface area (Å²) in [5.74, 6) is 0.180. The molecule has 4 rings (SSSR count). The van der Waals surface area contributed by atoms with Gasteiger partial charge < -0.3 is 0 Å². The number of ketones is 1. The number of carbonyl (C=O) groups excluding carboxylic acids is 1. The zero-order valence-corrected chi connectivity index (χ0v) is 13.1. The van der Waals surface area contributed by atoms with Crippen LogP contribution in [0.15, 0.2) is 43.1 Å². The van der Waals surface area contributed by atoms with Crippen LogP contribution in [0, 0.1) is 10.1 Å². The number of fused-ring (bicyclic) bond motifs is 2. The average Bonchev–Trinajstić information content (AvgIpc) is 2.85. The van der Waals surface area contributed by atoms with Crippen LogP contribution in [0.4, 0.5) is 5.69 Å². The monoisotopic (exact) mass is 320 g/mol. The third-order valence-electron chi connectivity index (χ3n) is 5.34. The normalized spacial score (nSPS) is 17.4. The Labute approximate surface area is 139 Å². The summed E-state index contributed by atoms with van der Waals surface area (Å²) < 4.78 is 0. The van der Waals surface area contributed by atoms with E-state index in [1.165, 1.54) is 6.07 Å². The molecule has 1 spiro atoms. The van der Waals surface area contributed by atoms with Crippen molar-refractivity contribution in [2.45, 2.75) is 31.1 Å². The summed E-state index contributed by atoms with van der Waals surface area (Å²) in [7, 11) is 0. The molecule has 5 heteroatoms. The van der Waals surface area contributed by atoms with Gasteiger partial charge in [0.25, 0.3) is 5.69 Å². The molecular formula is C19H16N2O3. The summed E-state index contributed by atoms with van der Waals surface area (Å²) >= 11 is 0. The van der Waals surface area contributed by atoms with Gasteiger partial charge in [-0.3, -0.25) is 19.9 Å². The van der Waals surface area contributed by atoms with Crippen LogP contribution < -0.4 is 0 Å². The maximum atomic E-state index is 12.6. The highest BCUT2D eigenvalue weighted by Crippen LogP contribution is 2.52. The fourth-order valence-corrected chi connectivity index (χ4v) is 3.89. The van der Waals surface area contributed by atoms with E-state index in [-0.39, 0.29) is 11.5 Å². The lowest BCUT2D eigenvalue weighted by Gasteiger charge is -2.37. The fraction of sp³-hybridized carbons (Fsp3) is 0.263. The van der Waals surface area contributed by atoms with E-state index in [1.54, 1.807) is 12.3 Å². The van der Waals surface area contributed by atoms with Crippen molar-refractivity contribution in [3.63, 3.8) is 0 Å². The van der Waals surface area contributed by atoms with Crippen molar-refractivity contribution >= 4 is 17.0 Å². The lowest BCUT2D eigenvalue weighted by Crippen LogP contribution is -2.39. The van der Waals surface area contributed by atoms with Gasteiger partial charge in [-0.05, 0) is 41.7 Å². The highest BCUT2D eigenvalue weighted by atomic mass is 16.6. The van der Waals surface area contributed by atoms with Gasteiger partial charge in [0.15, 0.2) is 0 Å². The highest BCUT2D eigenvalue weighted by molar-refractivity contribution is 6.00. The van der Waals surface area contributed by atoms with E-state index >= 15 is 0 Å². The van der Waals surface area contributed by atoms with Crippen LogP contribution in [0.2, 0.25) is 0 Å². The first-order valence-corrected chi connectivity index (χ1v) is 7.99. The van der Waals surface area contributed by atoms with Crippen LogP contribution in [-0.4, -0.2) is 15.7 Å². The molecule has 1 fully saturated rings. The molecule has 1 aromatic heterocycles. The predicted octanol–water partition coefficient (Wildman–Crippen LogP) is 3.60. The van der Waals surface area contributed by atoms with Crippen molar-refractivity contribution in [1.82, 2.24) is 4.98 Å². The molecule has 24 heavy (non-hydrogen) atoms. The van der Waals surface area contributed by atoms with E-state index in [2.05, 4.69) is 11.6 Å². The molecule has 2 aliphatic rings. The number of nitro groups is 1. The Morgan fingerprint density at radius 1 is 1.29 bits per heavy atom. The lowest BCUT2D eigenvalue weighted by molar-refractivity contribution is -0.385. The van der Waals surface area contributed by atoms with Gasteiger partial charge in [0, 0.05) is 30.3 Å². The lowest BCUT2D eigenvalue weighted by atomic mass is 9.64. The number of rotatable bonds is 3. The smallest absolute Gasteiger partial charge is 0.270 e. The van der Waals surface area contributed by atoms with E-state index in [1.807, 2.05) is 18.2 Å². The molecule has 5 nitrogen and oxygen atoms in total. The first-order chi connectivity index (χ1) is 11.5. The van der Waals surface area contributed by atoms with Crippen molar-refractivity contribution in [1.29, 1.82) is 0 Å². The third-order valence-corrected chi connectivity index (χ3v) is 5.34. The predicted molar refractivity (Wildman–Crippen MR) is 89.7 cm³/mol. The molecule has 0 saturated heterocycles. The molecule has 1 heterocycles. The van der Waals surface area contributed by atoms with Gasteiger partial charge in [0.1, 0.15) is 5.78 Å². The van der Waals surface area contributed by atoms with Crippen molar-refractivity contribution in [2.75, 3.05) is 0 Å². The Kier molecular flexibility index (Phi) is 3.13. The molecule has 120 valence electrons. The van der Waals surface area contributed by atoms with Crippen LogP contribution in [0.25, 0.3) is 5.57 Å². The van der Waals surface area contributed by atoms with Crippen LogP contribution in [0.5, 0.6) is 0 Å². The number of pyridine rings is 1. The minimum absolute atomic E-state index is 0.0156. The fourth-order valence-electron chi connectivity index (χ4n) is 3.89. The highest BCUT2D eigenvalue weighted by Gasteiger charge is 2.51. The first kappa shape index (κ1) is 14.8. The molecule has 2 aliphatic carbocycles. The second-order valence-electron chi connectivity index (χ2n) is 6.51. The van der Waals surface area contributed by atoms with E-state index in [9.17, 15) is 14.9 Å². The van der Waals surface area contributed by atoms with Gasteiger partial charge in [0.2, 0.25) is 0 Å². The van der Waals surface area contributed by atoms with Crippen molar-refractivity contribution in [2.24, 2.45) is 0 Å². The Balaban J connectivity index is 1.92. The Hall–Kier alpha value is -2.82. The van der Waals surface area contributed by atoms with Crippen LogP contribution in [-0.2, 0) is 16.6 Å². The number of benzene rings is 1. The van der Waals surface area contributed by atoms with Gasteiger partial charge >= 0.3 is 0 Å². The van der Waals surface area contributed by atoms with Crippen molar-refractivity contribution in [3.8, 4) is 0 Å². The summed E-state index contributed by atoms with van der Waals surface area (Å²) in [6.45, 7) is 4.09. The molecule has 2 aromatic rings. The molecule has 0 N–H and O–H groups in total. The first-order valence-electron chi connectivity index (χ1n) is 7.99. The molecule has 1 saturated carbocycles. The van der Waals surface area contributed by atoms with E-state index in [0.29, 0.717) is 23.3 Å². The van der Waals surface area contributed by atoms with Crippen molar-refractivity contribution < 1.29 is 9.72 Å². The van der Waals surface area contributed by atoms with Gasteiger partial charge in [0.05, 0.1) is 16.0 Å². The number of non-ortho nitro benzene ring substituents is 1. The Morgan fingerprint density at radius 2 is 2.08 bits per heavy atom. The van der Waals surface area contributed by atoms with Crippen LogP contribution in [0.1, 0.15) is 41.6 Å². The quantitative estimate of drug-likeness (QED) is 0.640. The molecule has 0 unspecified atom stereocenters. The maximum absolute atomic E-state index is 12.6. The van der Waals surface area contributed by atoms with E-state index < -0.39 is 10.3 Å².